The van der Waals surface area contributed by atoms with Crippen molar-refractivity contribution in [1.29, 1.82) is 0 Å². The number of rotatable bonds is 5. The lowest BCUT2D eigenvalue weighted by atomic mass is 10.3. The van der Waals surface area contributed by atoms with Crippen LogP contribution in [0.2, 0.25) is 0 Å². The first kappa shape index (κ1) is 16.2. The molecule has 1 heterocycles. The van der Waals surface area contributed by atoms with Crippen molar-refractivity contribution in [2.75, 3.05) is 19.0 Å². The molecule has 0 aliphatic heterocycles. The fourth-order valence-electron chi connectivity index (χ4n) is 1.53. The summed E-state index contributed by atoms with van der Waals surface area (Å²) in [5.74, 6) is -0.918. The number of carbonyl (C=O) groups is 3. The van der Waals surface area contributed by atoms with Crippen LogP contribution in [0, 0.1) is 0 Å². The second-order valence-corrected chi connectivity index (χ2v) is 5.53. The molecule has 1 rings (SSSR count). The summed E-state index contributed by atoms with van der Waals surface area (Å²) < 4.78 is 4.59. The van der Waals surface area contributed by atoms with Gasteiger partial charge in [-0.1, -0.05) is 0 Å². The first-order valence-corrected chi connectivity index (χ1v) is 6.92. The monoisotopic (exact) mass is 298 g/mol. The molecule has 2 amide bonds. The second kappa shape index (κ2) is 7.04. The Morgan fingerprint density at radius 2 is 2.00 bits per heavy atom. The van der Waals surface area contributed by atoms with E-state index in [1.165, 1.54) is 30.3 Å². The largest absolute Gasteiger partial charge is 0.468 e. The molecule has 0 unspecified atom stereocenters. The third-order valence-electron chi connectivity index (χ3n) is 2.53. The van der Waals surface area contributed by atoms with Gasteiger partial charge in [-0.3, -0.25) is 14.4 Å². The Morgan fingerprint density at radius 1 is 1.35 bits per heavy atom. The number of nitrogens with one attached hydrogen (secondary N) is 1. The highest BCUT2D eigenvalue weighted by Crippen LogP contribution is 2.23. The van der Waals surface area contributed by atoms with Crippen molar-refractivity contribution in [1.82, 2.24) is 4.90 Å². The van der Waals surface area contributed by atoms with Gasteiger partial charge >= 0.3 is 5.97 Å². The average molecular weight is 298 g/mol. The summed E-state index contributed by atoms with van der Waals surface area (Å²) in [5.41, 5.74) is 0. The number of amides is 2. The van der Waals surface area contributed by atoms with Crippen molar-refractivity contribution in [3.05, 3.63) is 17.0 Å². The van der Waals surface area contributed by atoms with Crippen molar-refractivity contribution >= 4 is 34.1 Å². The topological polar surface area (TPSA) is 75.7 Å². The summed E-state index contributed by atoms with van der Waals surface area (Å²) in [7, 11) is 1.28. The summed E-state index contributed by atoms with van der Waals surface area (Å²) in [6, 6.07) is 3.16. The Bertz CT molecular complexity index is 510. The normalized spacial score (nSPS) is 10.2. The molecule has 1 aromatic heterocycles. The van der Waals surface area contributed by atoms with E-state index >= 15 is 0 Å². The fraction of sp³-hybridized carbons (Fsp3) is 0.462. The zero-order chi connectivity index (χ0) is 15.3. The van der Waals surface area contributed by atoms with E-state index in [9.17, 15) is 14.4 Å². The Labute approximate surface area is 121 Å². The van der Waals surface area contributed by atoms with Crippen molar-refractivity contribution in [3.63, 3.8) is 0 Å². The van der Waals surface area contributed by atoms with E-state index in [1.54, 1.807) is 12.1 Å². The lowest BCUT2D eigenvalue weighted by Crippen LogP contribution is -2.40. The minimum Gasteiger partial charge on any atom is -0.468 e. The molecule has 0 aliphatic rings. The standard InChI is InChI=1S/C13H18N2O4S/c1-8(2)15(7-12(17)19-4)13(18)10-5-6-11(20-10)14-9(3)16/h5-6,8H,7H2,1-4H3,(H,14,16). The molecule has 1 aromatic rings. The Morgan fingerprint density at radius 3 is 2.50 bits per heavy atom. The van der Waals surface area contributed by atoms with E-state index in [2.05, 4.69) is 10.1 Å². The number of hydrogen-bond donors (Lipinski definition) is 1. The number of ether oxygens (including phenoxy) is 1. The van der Waals surface area contributed by atoms with Gasteiger partial charge in [0.25, 0.3) is 5.91 Å². The molecular formula is C13H18N2O4S. The number of methoxy groups -OCH3 is 1. The van der Waals surface area contributed by atoms with Crippen LogP contribution in [0.25, 0.3) is 0 Å². The predicted molar refractivity (Wildman–Crippen MR) is 76.8 cm³/mol. The molecule has 1 N–H and O–H groups in total. The summed E-state index contributed by atoms with van der Waals surface area (Å²) in [6.07, 6.45) is 0. The van der Waals surface area contributed by atoms with Gasteiger partial charge in [0.1, 0.15) is 6.54 Å². The van der Waals surface area contributed by atoms with E-state index in [-0.39, 0.29) is 24.4 Å². The summed E-state index contributed by atoms with van der Waals surface area (Å²) >= 11 is 1.17. The van der Waals surface area contributed by atoms with Crippen molar-refractivity contribution in [3.8, 4) is 0 Å². The quantitative estimate of drug-likeness (QED) is 0.840. The molecule has 0 fully saturated rings. The van der Waals surface area contributed by atoms with Gasteiger partial charge in [-0.05, 0) is 26.0 Å². The molecular weight excluding hydrogens is 280 g/mol. The zero-order valence-corrected chi connectivity index (χ0v) is 12.7. The molecule has 0 atom stereocenters. The number of nitrogens with zero attached hydrogens (tertiary/aromatic N) is 1. The lowest BCUT2D eigenvalue weighted by molar-refractivity contribution is -0.141. The van der Waals surface area contributed by atoms with Gasteiger partial charge in [-0.25, -0.2) is 0 Å². The maximum Gasteiger partial charge on any atom is 0.325 e. The highest BCUT2D eigenvalue weighted by molar-refractivity contribution is 7.18. The average Bonchev–Trinajstić information content (AvgIpc) is 2.81. The molecule has 6 nitrogen and oxygen atoms in total. The maximum absolute atomic E-state index is 12.4. The van der Waals surface area contributed by atoms with Crippen LogP contribution in [-0.4, -0.2) is 42.4 Å². The van der Waals surface area contributed by atoms with Gasteiger partial charge in [-0.2, -0.15) is 0 Å². The SMILES string of the molecule is COC(=O)CN(C(=O)c1ccc(NC(C)=O)s1)C(C)C. The van der Waals surface area contributed by atoms with Crippen LogP contribution in [-0.2, 0) is 14.3 Å². The van der Waals surface area contributed by atoms with Crippen LogP contribution < -0.4 is 5.32 Å². The van der Waals surface area contributed by atoms with Crippen molar-refractivity contribution in [2.45, 2.75) is 26.8 Å². The van der Waals surface area contributed by atoms with Gasteiger partial charge in [0.2, 0.25) is 5.91 Å². The smallest absolute Gasteiger partial charge is 0.325 e. The van der Waals surface area contributed by atoms with Crippen LogP contribution in [0.15, 0.2) is 12.1 Å². The third kappa shape index (κ3) is 4.34. The van der Waals surface area contributed by atoms with Crippen molar-refractivity contribution < 1.29 is 19.1 Å². The van der Waals surface area contributed by atoms with Crippen molar-refractivity contribution in [2.24, 2.45) is 0 Å². The van der Waals surface area contributed by atoms with E-state index in [0.29, 0.717) is 9.88 Å². The third-order valence-corrected chi connectivity index (χ3v) is 3.52. The van der Waals surface area contributed by atoms with E-state index in [1.807, 2.05) is 13.8 Å². The van der Waals surface area contributed by atoms with Crippen LogP contribution in [0.4, 0.5) is 5.00 Å². The van der Waals surface area contributed by atoms with Crippen LogP contribution in [0.5, 0.6) is 0 Å². The molecule has 0 bridgehead atoms. The predicted octanol–water partition coefficient (Wildman–Crippen LogP) is 1.73. The van der Waals surface area contributed by atoms with Gasteiger partial charge in [0.05, 0.1) is 17.0 Å². The van der Waals surface area contributed by atoms with E-state index in [4.69, 9.17) is 0 Å². The van der Waals surface area contributed by atoms with E-state index in [0.717, 1.165) is 0 Å². The minimum atomic E-state index is -0.467. The molecule has 110 valence electrons. The van der Waals surface area contributed by atoms with Gasteiger partial charge in [0.15, 0.2) is 0 Å². The summed E-state index contributed by atoms with van der Waals surface area (Å²) in [4.78, 5) is 36.5. The number of thiophene rings is 1. The first-order chi connectivity index (χ1) is 9.35. The molecule has 0 spiro atoms. The van der Waals surface area contributed by atoms with E-state index < -0.39 is 5.97 Å². The molecule has 0 saturated heterocycles. The highest BCUT2D eigenvalue weighted by Gasteiger charge is 2.23. The van der Waals surface area contributed by atoms with Crippen LogP contribution in [0.3, 0.4) is 0 Å². The number of hydrogen-bond acceptors (Lipinski definition) is 5. The lowest BCUT2D eigenvalue weighted by Gasteiger charge is -2.24. The summed E-state index contributed by atoms with van der Waals surface area (Å²) in [6.45, 7) is 4.95. The molecule has 0 radical (unpaired) electrons. The summed E-state index contributed by atoms with van der Waals surface area (Å²) in [5, 5.41) is 3.22. The van der Waals surface area contributed by atoms with Gasteiger partial charge in [0, 0.05) is 13.0 Å². The Hall–Kier alpha value is -1.89. The number of anilines is 1. The maximum atomic E-state index is 12.4. The molecule has 0 aromatic carbocycles. The fourth-order valence-corrected chi connectivity index (χ4v) is 2.44. The Balaban J connectivity index is 2.86. The van der Waals surface area contributed by atoms with Crippen LogP contribution in [0.1, 0.15) is 30.4 Å². The van der Waals surface area contributed by atoms with Gasteiger partial charge in [-0.15, -0.1) is 11.3 Å². The molecule has 0 saturated carbocycles. The molecule has 7 heteroatoms. The Kier molecular flexibility index (Phi) is 5.69. The molecule has 20 heavy (non-hydrogen) atoms. The van der Waals surface area contributed by atoms with Crippen LogP contribution >= 0.6 is 11.3 Å². The zero-order valence-electron chi connectivity index (χ0n) is 11.9. The number of esters is 1. The molecule has 0 aliphatic carbocycles. The highest BCUT2D eigenvalue weighted by atomic mass is 32.1. The first-order valence-electron chi connectivity index (χ1n) is 6.10. The minimum absolute atomic E-state index is 0.0969. The number of carbonyl (C=O) groups excluding carboxylic acids is 3. The van der Waals surface area contributed by atoms with Gasteiger partial charge < -0.3 is 15.0 Å². The second-order valence-electron chi connectivity index (χ2n) is 4.45.